The molecule has 0 saturated carbocycles. The molecule has 0 unspecified atom stereocenters. The molecule has 1 aliphatic heterocycles. The van der Waals surface area contributed by atoms with Gasteiger partial charge in [-0.3, -0.25) is 0 Å². The van der Waals surface area contributed by atoms with Crippen LogP contribution >= 0.6 is 0 Å². The molecule has 0 bridgehead atoms. The summed E-state index contributed by atoms with van der Waals surface area (Å²) < 4.78 is 5.65. The van der Waals surface area contributed by atoms with Gasteiger partial charge in [-0.05, 0) is 12.8 Å². The van der Waals surface area contributed by atoms with Crippen molar-refractivity contribution in [3.8, 4) is 0 Å². The summed E-state index contributed by atoms with van der Waals surface area (Å²) in [6, 6.07) is 0. The minimum Gasteiger partial charge on any atom is -0.377 e. The number of ether oxygens (including phenoxy) is 1. The Balaban J connectivity index is 2.07. The quantitative estimate of drug-likeness (QED) is 0.465. The Kier molecular flexibility index (Phi) is 1.53. The summed E-state index contributed by atoms with van der Waals surface area (Å²) in [5.74, 6) is 1.40. The average Bonchev–Trinajstić information content (AvgIpc) is 2.34. The molecular formula is C9H14O. The summed E-state index contributed by atoms with van der Waals surface area (Å²) in [4.78, 5) is 0. The molecule has 0 N–H and O–H groups in total. The standard InChI is InChI=1S/C9H14O/c1-7-4-5-8-3-2-6-10-9(7)8/h4-5,7-9H,2-3,6H2,1H3/t7-,8-,9+/m1/s1. The predicted octanol–water partition coefficient (Wildman–Crippen LogP) is 1.99. The molecule has 0 aromatic heterocycles. The van der Waals surface area contributed by atoms with E-state index in [-0.39, 0.29) is 0 Å². The Morgan fingerprint density at radius 3 is 3.10 bits per heavy atom. The second-order valence-corrected chi connectivity index (χ2v) is 3.39. The highest BCUT2D eigenvalue weighted by molar-refractivity contribution is 5.07. The number of hydrogen-bond donors (Lipinski definition) is 0. The molecule has 0 aromatic rings. The average molecular weight is 138 g/mol. The van der Waals surface area contributed by atoms with Gasteiger partial charge in [-0.2, -0.15) is 0 Å². The fourth-order valence-corrected chi connectivity index (χ4v) is 2.00. The van der Waals surface area contributed by atoms with E-state index in [9.17, 15) is 0 Å². The van der Waals surface area contributed by atoms with E-state index in [1.54, 1.807) is 0 Å². The van der Waals surface area contributed by atoms with Gasteiger partial charge >= 0.3 is 0 Å². The Morgan fingerprint density at radius 2 is 2.30 bits per heavy atom. The van der Waals surface area contributed by atoms with Crippen LogP contribution in [0.5, 0.6) is 0 Å². The summed E-state index contributed by atoms with van der Waals surface area (Å²) >= 11 is 0. The Morgan fingerprint density at radius 1 is 1.40 bits per heavy atom. The van der Waals surface area contributed by atoms with E-state index >= 15 is 0 Å². The van der Waals surface area contributed by atoms with Crippen LogP contribution in [0.3, 0.4) is 0 Å². The van der Waals surface area contributed by atoms with Gasteiger partial charge in [0.05, 0.1) is 6.10 Å². The molecule has 1 saturated heterocycles. The third kappa shape index (κ3) is 0.891. The van der Waals surface area contributed by atoms with Crippen molar-refractivity contribution in [3.05, 3.63) is 12.2 Å². The summed E-state index contributed by atoms with van der Waals surface area (Å²) in [5.41, 5.74) is 0. The van der Waals surface area contributed by atoms with Crippen molar-refractivity contribution >= 4 is 0 Å². The lowest BCUT2D eigenvalue weighted by molar-refractivity contribution is -0.0227. The van der Waals surface area contributed by atoms with E-state index in [0.717, 1.165) is 12.5 Å². The highest BCUT2D eigenvalue weighted by Gasteiger charge is 2.31. The molecule has 3 atom stereocenters. The van der Waals surface area contributed by atoms with Gasteiger partial charge in [0, 0.05) is 18.4 Å². The molecule has 0 spiro atoms. The van der Waals surface area contributed by atoms with E-state index in [1.807, 2.05) is 0 Å². The van der Waals surface area contributed by atoms with Crippen LogP contribution in [0.4, 0.5) is 0 Å². The summed E-state index contributed by atoms with van der Waals surface area (Å²) in [7, 11) is 0. The monoisotopic (exact) mass is 138 g/mol. The van der Waals surface area contributed by atoms with Crippen LogP contribution in [0.25, 0.3) is 0 Å². The van der Waals surface area contributed by atoms with Crippen molar-refractivity contribution in [2.24, 2.45) is 11.8 Å². The number of rotatable bonds is 0. The van der Waals surface area contributed by atoms with Crippen molar-refractivity contribution in [2.45, 2.75) is 25.9 Å². The van der Waals surface area contributed by atoms with Crippen LogP contribution in [0, 0.1) is 11.8 Å². The van der Waals surface area contributed by atoms with Gasteiger partial charge in [-0.1, -0.05) is 19.1 Å². The first-order valence-corrected chi connectivity index (χ1v) is 4.18. The zero-order valence-electron chi connectivity index (χ0n) is 6.42. The molecule has 2 aliphatic rings. The van der Waals surface area contributed by atoms with E-state index in [4.69, 9.17) is 4.74 Å². The molecule has 1 heteroatoms. The molecule has 2 rings (SSSR count). The molecule has 0 radical (unpaired) electrons. The first kappa shape index (κ1) is 6.41. The Labute approximate surface area is 62.1 Å². The second kappa shape index (κ2) is 2.39. The lowest BCUT2D eigenvalue weighted by Gasteiger charge is -2.28. The first-order valence-electron chi connectivity index (χ1n) is 4.18. The smallest absolute Gasteiger partial charge is 0.0697 e. The normalized spacial score (nSPS) is 45.5. The highest BCUT2D eigenvalue weighted by atomic mass is 16.5. The van der Waals surface area contributed by atoms with Gasteiger partial charge in [-0.15, -0.1) is 0 Å². The third-order valence-corrected chi connectivity index (χ3v) is 2.59. The van der Waals surface area contributed by atoms with Crippen LogP contribution in [0.2, 0.25) is 0 Å². The van der Waals surface area contributed by atoms with E-state index in [2.05, 4.69) is 19.1 Å². The maximum Gasteiger partial charge on any atom is 0.0697 e. The van der Waals surface area contributed by atoms with Gasteiger partial charge in [0.25, 0.3) is 0 Å². The molecular weight excluding hydrogens is 124 g/mol. The summed E-state index contributed by atoms with van der Waals surface area (Å²) in [6.45, 7) is 3.22. The van der Waals surface area contributed by atoms with Crippen molar-refractivity contribution in [1.29, 1.82) is 0 Å². The largest absolute Gasteiger partial charge is 0.377 e. The van der Waals surface area contributed by atoms with Crippen LogP contribution in [-0.4, -0.2) is 12.7 Å². The summed E-state index contributed by atoms with van der Waals surface area (Å²) in [6.07, 6.45) is 7.73. The predicted molar refractivity (Wildman–Crippen MR) is 40.8 cm³/mol. The number of hydrogen-bond acceptors (Lipinski definition) is 1. The zero-order valence-corrected chi connectivity index (χ0v) is 6.42. The molecule has 0 amide bonds. The van der Waals surface area contributed by atoms with Crippen LogP contribution < -0.4 is 0 Å². The fourth-order valence-electron chi connectivity index (χ4n) is 2.00. The minimum atomic E-state index is 0.522. The SMILES string of the molecule is C[C@@H]1C=C[C@H]2CCCO[C@@H]12. The Hall–Kier alpha value is -0.300. The van der Waals surface area contributed by atoms with Gasteiger partial charge in [-0.25, -0.2) is 0 Å². The molecule has 1 aliphatic carbocycles. The summed E-state index contributed by atoms with van der Waals surface area (Å²) in [5, 5.41) is 0. The molecule has 0 aromatic carbocycles. The molecule has 1 nitrogen and oxygen atoms in total. The third-order valence-electron chi connectivity index (χ3n) is 2.59. The van der Waals surface area contributed by atoms with E-state index in [1.165, 1.54) is 12.8 Å². The van der Waals surface area contributed by atoms with Crippen LogP contribution in [-0.2, 0) is 4.74 Å². The minimum absolute atomic E-state index is 0.522. The van der Waals surface area contributed by atoms with Crippen molar-refractivity contribution < 1.29 is 4.74 Å². The molecule has 1 heterocycles. The van der Waals surface area contributed by atoms with Crippen molar-refractivity contribution in [1.82, 2.24) is 0 Å². The molecule has 1 fully saturated rings. The van der Waals surface area contributed by atoms with Gasteiger partial charge in [0.2, 0.25) is 0 Å². The highest BCUT2D eigenvalue weighted by Crippen LogP contribution is 2.33. The lowest BCUT2D eigenvalue weighted by atomic mass is 9.94. The van der Waals surface area contributed by atoms with Crippen molar-refractivity contribution in [2.75, 3.05) is 6.61 Å². The Bertz CT molecular complexity index is 151. The lowest BCUT2D eigenvalue weighted by Crippen LogP contribution is -2.29. The molecule has 10 heavy (non-hydrogen) atoms. The second-order valence-electron chi connectivity index (χ2n) is 3.39. The van der Waals surface area contributed by atoms with Gasteiger partial charge < -0.3 is 4.74 Å². The maximum absolute atomic E-state index is 5.65. The van der Waals surface area contributed by atoms with E-state index < -0.39 is 0 Å². The maximum atomic E-state index is 5.65. The van der Waals surface area contributed by atoms with Gasteiger partial charge in [0.1, 0.15) is 0 Å². The van der Waals surface area contributed by atoms with Crippen LogP contribution in [0.1, 0.15) is 19.8 Å². The zero-order chi connectivity index (χ0) is 6.97. The van der Waals surface area contributed by atoms with Crippen LogP contribution in [0.15, 0.2) is 12.2 Å². The fraction of sp³-hybridized carbons (Fsp3) is 0.778. The topological polar surface area (TPSA) is 9.23 Å². The van der Waals surface area contributed by atoms with E-state index in [0.29, 0.717) is 12.0 Å². The van der Waals surface area contributed by atoms with Crippen molar-refractivity contribution in [3.63, 3.8) is 0 Å². The first-order chi connectivity index (χ1) is 4.88. The molecule has 56 valence electrons. The van der Waals surface area contributed by atoms with Gasteiger partial charge in [0.15, 0.2) is 0 Å². The number of fused-ring (bicyclic) bond motifs is 1.